The highest BCUT2D eigenvalue weighted by Gasteiger charge is 2.63. The minimum atomic E-state index is -1.28. The maximum absolute atomic E-state index is 13.8. The average Bonchev–Trinajstić information content (AvgIpc) is 3.51. The Morgan fingerprint density at radius 2 is 1.68 bits per heavy atom. The molecule has 4 aromatic rings. The van der Waals surface area contributed by atoms with Crippen LogP contribution in [0.4, 0.5) is 10.5 Å². The second kappa shape index (κ2) is 8.64. The lowest BCUT2D eigenvalue weighted by Gasteiger charge is -2.49. The van der Waals surface area contributed by atoms with Crippen LogP contribution >= 0.6 is 11.8 Å². The Labute approximate surface area is 218 Å². The molecule has 7 rings (SSSR count). The van der Waals surface area contributed by atoms with Gasteiger partial charge in [0.05, 0.1) is 22.3 Å². The van der Waals surface area contributed by atoms with Crippen LogP contribution in [0.1, 0.15) is 29.2 Å². The lowest BCUT2D eigenvalue weighted by molar-refractivity contribution is -0.0763. The zero-order chi connectivity index (χ0) is 24.8. The molecule has 1 saturated heterocycles. The maximum atomic E-state index is 13.8. The molecule has 2 unspecified atom stereocenters. The summed E-state index contributed by atoms with van der Waals surface area (Å²) in [5.41, 5.74) is 4.71. The molecule has 1 spiro atoms. The van der Waals surface area contributed by atoms with E-state index in [1.165, 1.54) is 11.8 Å². The van der Waals surface area contributed by atoms with E-state index in [9.17, 15) is 4.79 Å². The molecule has 180 valence electrons. The van der Waals surface area contributed by atoms with Crippen molar-refractivity contribution in [1.29, 1.82) is 0 Å². The third kappa shape index (κ3) is 3.46. The predicted molar refractivity (Wildman–Crippen MR) is 146 cm³/mol. The number of anilines is 1. The summed E-state index contributed by atoms with van der Waals surface area (Å²) in [6.45, 7) is 0. The van der Waals surface area contributed by atoms with Gasteiger partial charge in [-0.25, -0.2) is 9.91 Å². The first-order valence-electron chi connectivity index (χ1n) is 12.1. The number of amides is 1. The predicted octanol–water partition coefficient (Wildman–Crippen LogP) is 6.69. The van der Waals surface area contributed by atoms with Gasteiger partial charge in [0, 0.05) is 24.4 Å². The molecule has 3 aliphatic heterocycles. The van der Waals surface area contributed by atoms with Crippen LogP contribution in [0.2, 0.25) is 0 Å². The second-order valence-corrected chi connectivity index (χ2v) is 10.1. The third-order valence-electron chi connectivity index (χ3n) is 6.86. The summed E-state index contributed by atoms with van der Waals surface area (Å²) in [7, 11) is 0. The quantitative estimate of drug-likeness (QED) is 0.312. The molecule has 4 heterocycles. The number of fused-ring (bicyclic) bond motifs is 4. The summed E-state index contributed by atoms with van der Waals surface area (Å²) in [5, 5.41) is 7.05. The van der Waals surface area contributed by atoms with Crippen molar-refractivity contribution in [2.24, 2.45) is 5.10 Å². The van der Waals surface area contributed by atoms with Crippen molar-refractivity contribution in [3.05, 3.63) is 131 Å². The Kier molecular flexibility index (Phi) is 5.11. The van der Waals surface area contributed by atoms with Gasteiger partial charge in [-0.1, -0.05) is 72.8 Å². The summed E-state index contributed by atoms with van der Waals surface area (Å²) >= 11 is 1.17. The summed E-state index contributed by atoms with van der Waals surface area (Å²) in [4.78, 5) is 20.5. The number of benzene rings is 3. The molecule has 2 atom stereocenters. The molecular weight excluding hydrogens is 480 g/mol. The van der Waals surface area contributed by atoms with Crippen LogP contribution in [0.25, 0.3) is 6.08 Å². The van der Waals surface area contributed by atoms with E-state index in [1.807, 2.05) is 89.9 Å². The second-order valence-electron chi connectivity index (χ2n) is 9.06. The van der Waals surface area contributed by atoms with E-state index < -0.39 is 5.85 Å². The van der Waals surface area contributed by atoms with Crippen molar-refractivity contribution in [2.45, 2.75) is 18.3 Å². The first kappa shape index (κ1) is 21.9. The van der Waals surface area contributed by atoms with Crippen LogP contribution in [0.15, 0.2) is 119 Å². The van der Waals surface area contributed by atoms with Crippen molar-refractivity contribution in [3.8, 4) is 5.75 Å². The van der Waals surface area contributed by atoms with Gasteiger partial charge in [-0.15, -0.1) is 0 Å². The monoisotopic (exact) mass is 502 g/mol. The number of thioether (sulfide) groups is 1. The number of aromatic nitrogens is 1. The number of pyridine rings is 1. The highest BCUT2D eigenvalue weighted by atomic mass is 32.2. The minimum Gasteiger partial charge on any atom is -0.443 e. The fourth-order valence-corrected chi connectivity index (χ4v) is 6.29. The van der Waals surface area contributed by atoms with Crippen molar-refractivity contribution >= 4 is 34.5 Å². The lowest BCUT2D eigenvalue weighted by atomic mass is 9.95. The first-order chi connectivity index (χ1) is 18.2. The fraction of sp³-hybridized carbons (Fsp3) is 0.100. The van der Waals surface area contributed by atoms with E-state index in [2.05, 4.69) is 23.2 Å². The molecular formula is C30H22N4O2S. The average molecular weight is 503 g/mol. The molecule has 37 heavy (non-hydrogen) atoms. The van der Waals surface area contributed by atoms with Crippen LogP contribution in [-0.2, 0) is 0 Å². The van der Waals surface area contributed by atoms with E-state index in [4.69, 9.17) is 9.84 Å². The molecule has 0 saturated carbocycles. The summed E-state index contributed by atoms with van der Waals surface area (Å²) in [5.74, 6) is -0.532. The molecule has 1 aromatic heterocycles. The number of hydrogen-bond acceptors (Lipinski definition) is 6. The molecule has 1 amide bonds. The number of hydrazone groups is 1. The molecule has 0 aliphatic carbocycles. The highest BCUT2D eigenvalue weighted by molar-refractivity contribution is 8.17. The largest absolute Gasteiger partial charge is 0.443 e. The Bertz CT molecular complexity index is 1540. The molecule has 0 radical (unpaired) electrons. The van der Waals surface area contributed by atoms with E-state index >= 15 is 0 Å². The van der Waals surface area contributed by atoms with Crippen LogP contribution in [0.3, 0.4) is 0 Å². The smallest absolute Gasteiger partial charge is 0.321 e. The van der Waals surface area contributed by atoms with Gasteiger partial charge in [-0.05, 0) is 53.2 Å². The van der Waals surface area contributed by atoms with E-state index in [1.54, 1.807) is 17.3 Å². The Morgan fingerprint density at radius 1 is 0.919 bits per heavy atom. The number of carbonyl (C=O) groups is 1. The maximum Gasteiger partial charge on any atom is 0.321 e. The zero-order valence-electron chi connectivity index (χ0n) is 19.8. The van der Waals surface area contributed by atoms with Crippen LogP contribution in [0.5, 0.6) is 5.75 Å². The molecule has 3 aliphatic rings. The third-order valence-corrected chi connectivity index (χ3v) is 7.82. The Morgan fingerprint density at radius 3 is 2.46 bits per heavy atom. The highest BCUT2D eigenvalue weighted by Crippen LogP contribution is 2.57. The van der Waals surface area contributed by atoms with Crippen LogP contribution in [-0.4, -0.2) is 26.8 Å². The zero-order valence-corrected chi connectivity index (χ0v) is 20.6. The van der Waals surface area contributed by atoms with Gasteiger partial charge in [0.1, 0.15) is 5.75 Å². The first-order valence-corrected chi connectivity index (χ1v) is 13.0. The van der Waals surface area contributed by atoms with Crippen LogP contribution < -0.4 is 9.64 Å². The Hall–Kier alpha value is -4.36. The molecule has 6 nitrogen and oxygen atoms in total. The van der Waals surface area contributed by atoms with Gasteiger partial charge in [0.15, 0.2) is 0 Å². The molecule has 0 bridgehead atoms. The standard InChI is InChI=1S/C30H22N4O2S/c35-29-33(23-13-5-2-6-14-23)30(28(37-29)18-21-10-9-17-31-20-21)34-26(24-15-7-8-16-27(24)36-30)19-25(32-34)22-11-3-1-4-12-22/h1-18,20,26H,19H2/b28-18-. The van der Waals surface area contributed by atoms with Gasteiger partial charge in [-0.2, -0.15) is 5.10 Å². The lowest BCUT2D eigenvalue weighted by Crippen LogP contribution is -2.63. The SMILES string of the molecule is O=C1S/C(=C\c2cccnc2)C2(Oc3ccccc3C3CC(c4ccccc4)=NN32)N1c1ccccc1. The minimum absolute atomic E-state index is 0.102. The van der Waals surface area contributed by atoms with E-state index in [0.717, 1.165) is 38.7 Å². The number of nitrogens with zero attached hydrogens (tertiary/aromatic N) is 4. The number of hydrogen-bond donors (Lipinski definition) is 0. The van der Waals surface area contributed by atoms with Crippen LogP contribution in [0, 0.1) is 0 Å². The summed E-state index contributed by atoms with van der Waals surface area (Å²) in [6.07, 6.45) is 6.21. The van der Waals surface area contributed by atoms with E-state index in [0.29, 0.717) is 6.42 Å². The number of ether oxygens (including phenoxy) is 1. The molecule has 3 aromatic carbocycles. The number of rotatable bonds is 3. The summed E-state index contributed by atoms with van der Waals surface area (Å²) < 4.78 is 6.92. The molecule has 0 N–H and O–H groups in total. The molecule has 1 fully saturated rings. The van der Waals surface area contributed by atoms with Gasteiger partial charge >= 0.3 is 5.85 Å². The van der Waals surface area contributed by atoms with E-state index in [-0.39, 0.29) is 11.3 Å². The van der Waals surface area contributed by atoms with Crippen molar-refractivity contribution < 1.29 is 9.53 Å². The normalized spacial score (nSPS) is 23.1. The number of para-hydroxylation sites is 2. The number of carbonyl (C=O) groups excluding carboxylic acids is 1. The van der Waals surface area contributed by atoms with Gasteiger partial charge in [0.25, 0.3) is 5.24 Å². The van der Waals surface area contributed by atoms with Crippen molar-refractivity contribution in [3.63, 3.8) is 0 Å². The summed E-state index contributed by atoms with van der Waals surface area (Å²) in [6, 6.07) is 31.7. The Balaban J connectivity index is 1.49. The van der Waals surface area contributed by atoms with Gasteiger partial charge < -0.3 is 4.74 Å². The van der Waals surface area contributed by atoms with Crippen molar-refractivity contribution in [2.75, 3.05) is 4.90 Å². The van der Waals surface area contributed by atoms with Crippen molar-refractivity contribution in [1.82, 2.24) is 9.99 Å². The van der Waals surface area contributed by atoms with Gasteiger partial charge in [0.2, 0.25) is 0 Å². The fourth-order valence-electron chi connectivity index (χ4n) is 5.23. The molecule has 7 heteroatoms. The topological polar surface area (TPSA) is 58.0 Å². The van der Waals surface area contributed by atoms with Gasteiger partial charge in [-0.3, -0.25) is 9.78 Å².